The smallest absolute Gasteiger partial charge is 0.155 e. The molecule has 0 radical (unpaired) electrons. The largest absolute Gasteiger partial charge is 0.490 e. The maximum absolute atomic E-state index is 5.59. The highest BCUT2D eigenvalue weighted by Gasteiger charge is 2.21. The van der Waals surface area contributed by atoms with E-state index in [1.807, 2.05) is 0 Å². The van der Waals surface area contributed by atoms with Crippen LogP contribution in [0.25, 0.3) is 0 Å². The van der Waals surface area contributed by atoms with Gasteiger partial charge in [-0.05, 0) is 18.8 Å². The normalized spacial score (nSPS) is 11.9. The number of ether oxygens (including phenoxy) is 1. The third kappa shape index (κ3) is 4.33. The van der Waals surface area contributed by atoms with Crippen LogP contribution in [0.4, 0.5) is 0 Å². The second-order valence-electron chi connectivity index (χ2n) is 5.51. The van der Waals surface area contributed by atoms with Crippen LogP contribution in [0.15, 0.2) is 12.4 Å². The Labute approximate surface area is 105 Å². The standard InChI is InChI=1S/C14H24N2O/c1-6-14(4,5)13-15-9-12(10-16-13)17-8-7-11(2)3/h9-11H,6-8H2,1-5H3. The number of hydrogen-bond donors (Lipinski definition) is 0. The molecule has 0 aliphatic rings. The van der Waals surface area contributed by atoms with Crippen molar-refractivity contribution in [1.29, 1.82) is 0 Å². The molecule has 0 aromatic carbocycles. The Kier molecular flexibility index (Phi) is 4.91. The maximum atomic E-state index is 5.59. The lowest BCUT2D eigenvalue weighted by molar-refractivity contribution is 0.286. The topological polar surface area (TPSA) is 35.0 Å². The van der Waals surface area contributed by atoms with Crippen molar-refractivity contribution in [3.63, 3.8) is 0 Å². The number of nitrogens with zero attached hydrogens (tertiary/aromatic N) is 2. The summed E-state index contributed by atoms with van der Waals surface area (Å²) in [6, 6.07) is 0. The molecule has 1 aromatic heterocycles. The molecule has 17 heavy (non-hydrogen) atoms. The zero-order valence-electron chi connectivity index (χ0n) is 11.7. The molecule has 0 aliphatic heterocycles. The molecule has 1 heterocycles. The van der Waals surface area contributed by atoms with Gasteiger partial charge in [0.15, 0.2) is 5.75 Å². The Morgan fingerprint density at radius 3 is 2.29 bits per heavy atom. The molecular formula is C14H24N2O. The van der Waals surface area contributed by atoms with E-state index in [0.717, 1.165) is 31.0 Å². The van der Waals surface area contributed by atoms with E-state index in [1.165, 1.54) is 0 Å². The minimum absolute atomic E-state index is 0.0382. The lowest BCUT2D eigenvalue weighted by atomic mass is 9.89. The summed E-state index contributed by atoms with van der Waals surface area (Å²) in [5, 5.41) is 0. The van der Waals surface area contributed by atoms with Crippen LogP contribution in [0, 0.1) is 5.92 Å². The van der Waals surface area contributed by atoms with E-state index in [1.54, 1.807) is 12.4 Å². The zero-order chi connectivity index (χ0) is 12.9. The molecule has 0 fully saturated rings. The highest BCUT2D eigenvalue weighted by atomic mass is 16.5. The summed E-state index contributed by atoms with van der Waals surface area (Å²) < 4.78 is 5.59. The fourth-order valence-corrected chi connectivity index (χ4v) is 1.31. The molecule has 0 amide bonds. The van der Waals surface area contributed by atoms with Crippen LogP contribution >= 0.6 is 0 Å². The third-order valence-electron chi connectivity index (χ3n) is 3.08. The predicted molar refractivity (Wildman–Crippen MR) is 70.3 cm³/mol. The van der Waals surface area contributed by atoms with Gasteiger partial charge in [-0.25, -0.2) is 9.97 Å². The van der Waals surface area contributed by atoms with Crippen LogP contribution in [-0.4, -0.2) is 16.6 Å². The summed E-state index contributed by atoms with van der Waals surface area (Å²) >= 11 is 0. The lowest BCUT2D eigenvalue weighted by Crippen LogP contribution is -2.19. The van der Waals surface area contributed by atoms with Gasteiger partial charge >= 0.3 is 0 Å². The SMILES string of the molecule is CCC(C)(C)c1ncc(OCCC(C)C)cn1. The summed E-state index contributed by atoms with van der Waals surface area (Å²) in [6.45, 7) is 11.6. The average molecular weight is 236 g/mol. The molecule has 0 spiro atoms. The van der Waals surface area contributed by atoms with Gasteiger partial charge in [-0.2, -0.15) is 0 Å². The summed E-state index contributed by atoms with van der Waals surface area (Å²) in [5.41, 5.74) is 0.0382. The summed E-state index contributed by atoms with van der Waals surface area (Å²) in [4.78, 5) is 8.77. The highest BCUT2D eigenvalue weighted by molar-refractivity contribution is 5.15. The fraction of sp³-hybridized carbons (Fsp3) is 0.714. The molecule has 0 saturated carbocycles. The van der Waals surface area contributed by atoms with Crippen molar-refractivity contribution in [2.75, 3.05) is 6.61 Å². The van der Waals surface area contributed by atoms with E-state index in [2.05, 4.69) is 44.6 Å². The first kappa shape index (κ1) is 13.9. The van der Waals surface area contributed by atoms with Crippen molar-refractivity contribution in [2.45, 2.75) is 52.9 Å². The van der Waals surface area contributed by atoms with Crippen molar-refractivity contribution in [3.05, 3.63) is 18.2 Å². The van der Waals surface area contributed by atoms with E-state index in [4.69, 9.17) is 4.74 Å². The molecule has 0 saturated heterocycles. The van der Waals surface area contributed by atoms with Gasteiger partial charge in [0.2, 0.25) is 0 Å². The summed E-state index contributed by atoms with van der Waals surface area (Å²) in [5.74, 6) is 2.31. The van der Waals surface area contributed by atoms with E-state index in [-0.39, 0.29) is 5.41 Å². The Bertz CT molecular complexity index is 331. The molecular weight excluding hydrogens is 212 g/mol. The van der Waals surface area contributed by atoms with Crippen LogP contribution in [0.2, 0.25) is 0 Å². The zero-order valence-corrected chi connectivity index (χ0v) is 11.7. The molecule has 3 nitrogen and oxygen atoms in total. The van der Waals surface area contributed by atoms with Crippen molar-refractivity contribution >= 4 is 0 Å². The molecule has 3 heteroatoms. The van der Waals surface area contributed by atoms with Gasteiger partial charge in [0.1, 0.15) is 5.82 Å². The van der Waals surface area contributed by atoms with Crippen LogP contribution < -0.4 is 4.74 Å². The molecule has 0 aliphatic carbocycles. The van der Waals surface area contributed by atoms with Crippen LogP contribution in [0.5, 0.6) is 5.75 Å². The van der Waals surface area contributed by atoms with E-state index in [0.29, 0.717) is 5.92 Å². The van der Waals surface area contributed by atoms with Gasteiger partial charge in [0, 0.05) is 5.41 Å². The predicted octanol–water partition coefficient (Wildman–Crippen LogP) is 3.59. The Hall–Kier alpha value is -1.12. The Balaban J connectivity index is 2.56. The minimum atomic E-state index is 0.0382. The van der Waals surface area contributed by atoms with Gasteiger partial charge in [-0.1, -0.05) is 34.6 Å². The van der Waals surface area contributed by atoms with E-state index in [9.17, 15) is 0 Å². The first-order valence-electron chi connectivity index (χ1n) is 6.41. The van der Waals surface area contributed by atoms with Crippen LogP contribution in [-0.2, 0) is 5.41 Å². The first-order valence-corrected chi connectivity index (χ1v) is 6.41. The van der Waals surface area contributed by atoms with Crippen molar-refractivity contribution in [1.82, 2.24) is 9.97 Å². The quantitative estimate of drug-likeness (QED) is 0.757. The first-order chi connectivity index (χ1) is 7.95. The lowest BCUT2D eigenvalue weighted by Gasteiger charge is -2.20. The average Bonchev–Trinajstić information content (AvgIpc) is 2.29. The van der Waals surface area contributed by atoms with Gasteiger partial charge in [-0.3, -0.25) is 0 Å². The molecule has 0 atom stereocenters. The van der Waals surface area contributed by atoms with Crippen LogP contribution in [0.3, 0.4) is 0 Å². The van der Waals surface area contributed by atoms with Gasteiger partial charge in [-0.15, -0.1) is 0 Å². The van der Waals surface area contributed by atoms with E-state index < -0.39 is 0 Å². The monoisotopic (exact) mass is 236 g/mol. The van der Waals surface area contributed by atoms with Crippen molar-refractivity contribution in [2.24, 2.45) is 5.92 Å². The number of aromatic nitrogens is 2. The number of rotatable bonds is 6. The van der Waals surface area contributed by atoms with Crippen LogP contribution in [0.1, 0.15) is 53.3 Å². The molecule has 96 valence electrons. The van der Waals surface area contributed by atoms with Gasteiger partial charge in [0.05, 0.1) is 19.0 Å². The minimum Gasteiger partial charge on any atom is -0.490 e. The summed E-state index contributed by atoms with van der Waals surface area (Å²) in [7, 11) is 0. The fourth-order valence-electron chi connectivity index (χ4n) is 1.31. The second-order valence-corrected chi connectivity index (χ2v) is 5.51. The van der Waals surface area contributed by atoms with Crippen molar-refractivity contribution in [3.8, 4) is 5.75 Å². The molecule has 1 rings (SSSR count). The Morgan fingerprint density at radius 1 is 1.24 bits per heavy atom. The highest BCUT2D eigenvalue weighted by Crippen LogP contribution is 2.23. The molecule has 0 bridgehead atoms. The maximum Gasteiger partial charge on any atom is 0.155 e. The van der Waals surface area contributed by atoms with E-state index >= 15 is 0 Å². The van der Waals surface area contributed by atoms with Gasteiger partial charge in [0.25, 0.3) is 0 Å². The molecule has 1 aromatic rings. The molecule has 0 N–H and O–H groups in total. The third-order valence-corrected chi connectivity index (χ3v) is 3.08. The summed E-state index contributed by atoms with van der Waals surface area (Å²) in [6.07, 6.45) is 5.64. The Morgan fingerprint density at radius 2 is 1.82 bits per heavy atom. The van der Waals surface area contributed by atoms with Gasteiger partial charge < -0.3 is 4.74 Å². The van der Waals surface area contributed by atoms with Crippen molar-refractivity contribution < 1.29 is 4.74 Å². The number of hydrogen-bond acceptors (Lipinski definition) is 3. The second kappa shape index (κ2) is 5.99. The molecule has 0 unspecified atom stereocenters.